The SMILES string of the molecule is COc1c(OC2CCCN(C)C2)cccc1C1(CN)CCCC1. The number of para-hydroxylation sites is 1. The van der Waals surface area contributed by atoms with Gasteiger partial charge >= 0.3 is 0 Å². The first-order valence-corrected chi connectivity index (χ1v) is 8.91. The molecule has 1 saturated carbocycles. The Kier molecular flexibility index (Phi) is 5.12. The minimum Gasteiger partial charge on any atom is -0.493 e. The summed E-state index contributed by atoms with van der Waals surface area (Å²) in [6.07, 6.45) is 7.34. The highest BCUT2D eigenvalue weighted by molar-refractivity contribution is 5.51. The summed E-state index contributed by atoms with van der Waals surface area (Å²) in [5.74, 6) is 1.78. The molecule has 1 unspecified atom stereocenters. The van der Waals surface area contributed by atoms with E-state index in [1.54, 1.807) is 7.11 Å². The van der Waals surface area contributed by atoms with Gasteiger partial charge in [-0.3, -0.25) is 0 Å². The highest BCUT2D eigenvalue weighted by atomic mass is 16.5. The van der Waals surface area contributed by atoms with Gasteiger partial charge in [0.2, 0.25) is 0 Å². The van der Waals surface area contributed by atoms with E-state index in [9.17, 15) is 0 Å². The predicted octanol–water partition coefficient (Wildman–Crippen LogP) is 2.94. The largest absolute Gasteiger partial charge is 0.493 e. The first-order chi connectivity index (χ1) is 11.2. The highest BCUT2D eigenvalue weighted by Gasteiger charge is 2.37. The number of piperidine rings is 1. The molecule has 0 aromatic heterocycles. The fourth-order valence-electron chi connectivity index (χ4n) is 4.27. The van der Waals surface area contributed by atoms with E-state index in [4.69, 9.17) is 15.2 Å². The van der Waals surface area contributed by atoms with Crippen LogP contribution in [0.4, 0.5) is 0 Å². The fourth-order valence-corrected chi connectivity index (χ4v) is 4.27. The maximum atomic E-state index is 6.33. The molecule has 2 N–H and O–H groups in total. The van der Waals surface area contributed by atoms with E-state index < -0.39 is 0 Å². The number of ether oxygens (including phenoxy) is 2. The lowest BCUT2D eigenvalue weighted by Gasteiger charge is -2.33. The van der Waals surface area contributed by atoms with Crippen LogP contribution in [0, 0.1) is 0 Å². The molecule has 2 aliphatic rings. The van der Waals surface area contributed by atoms with Gasteiger partial charge < -0.3 is 20.1 Å². The zero-order chi connectivity index (χ0) is 16.3. The van der Waals surface area contributed by atoms with Crippen molar-refractivity contribution in [3.8, 4) is 11.5 Å². The van der Waals surface area contributed by atoms with Crippen LogP contribution < -0.4 is 15.2 Å². The number of methoxy groups -OCH3 is 1. The van der Waals surface area contributed by atoms with Gasteiger partial charge in [0.1, 0.15) is 6.10 Å². The van der Waals surface area contributed by atoms with Crippen LogP contribution >= 0.6 is 0 Å². The Balaban J connectivity index is 1.88. The van der Waals surface area contributed by atoms with Crippen molar-refractivity contribution >= 4 is 0 Å². The summed E-state index contributed by atoms with van der Waals surface area (Å²) in [6.45, 7) is 2.82. The maximum Gasteiger partial charge on any atom is 0.164 e. The summed E-state index contributed by atoms with van der Waals surface area (Å²) in [6, 6.07) is 6.31. The first kappa shape index (κ1) is 16.6. The van der Waals surface area contributed by atoms with Crippen molar-refractivity contribution in [1.82, 2.24) is 4.90 Å². The standard InChI is InChI=1S/C19H30N2O2/c1-21-12-6-7-15(13-21)23-17-9-5-8-16(18(17)22-2)19(14-20)10-3-4-11-19/h5,8-9,15H,3-4,6-7,10-14,20H2,1-2H3. The Labute approximate surface area is 139 Å². The molecule has 0 spiro atoms. The third kappa shape index (κ3) is 3.33. The van der Waals surface area contributed by atoms with Gasteiger partial charge in [0, 0.05) is 24.1 Å². The third-order valence-corrected chi connectivity index (χ3v) is 5.58. The van der Waals surface area contributed by atoms with Crippen LogP contribution in [0.15, 0.2) is 18.2 Å². The topological polar surface area (TPSA) is 47.7 Å². The zero-order valence-electron chi connectivity index (χ0n) is 14.5. The average Bonchev–Trinajstić information content (AvgIpc) is 3.05. The molecule has 1 aliphatic carbocycles. The zero-order valence-corrected chi connectivity index (χ0v) is 14.5. The molecule has 23 heavy (non-hydrogen) atoms. The van der Waals surface area contributed by atoms with Gasteiger partial charge in [-0.15, -0.1) is 0 Å². The van der Waals surface area contributed by atoms with E-state index in [1.807, 2.05) is 6.07 Å². The monoisotopic (exact) mass is 318 g/mol. The van der Waals surface area contributed by atoms with Crippen LogP contribution in [0.2, 0.25) is 0 Å². The second-order valence-electron chi connectivity index (χ2n) is 7.17. The van der Waals surface area contributed by atoms with Gasteiger partial charge in [-0.25, -0.2) is 0 Å². The summed E-state index contributed by atoms with van der Waals surface area (Å²) in [5, 5.41) is 0. The number of hydrogen-bond donors (Lipinski definition) is 1. The first-order valence-electron chi connectivity index (χ1n) is 8.91. The molecule has 1 aromatic carbocycles. The van der Waals surface area contributed by atoms with Gasteiger partial charge in [0.15, 0.2) is 11.5 Å². The quantitative estimate of drug-likeness (QED) is 0.907. The molecular weight excluding hydrogens is 288 g/mol. The summed E-state index contributed by atoms with van der Waals surface area (Å²) in [5.41, 5.74) is 7.48. The van der Waals surface area contributed by atoms with Crippen LogP contribution in [-0.4, -0.2) is 44.8 Å². The Hall–Kier alpha value is -1.26. The summed E-state index contributed by atoms with van der Waals surface area (Å²) in [7, 11) is 3.91. The fraction of sp³-hybridized carbons (Fsp3) is 0.684. The molecule has 0 amide bonds. The predicted molar refractivity (Wildman–Crippen MR) is 93.3 cm³/mol. The summed E-state index contributed by atoms with van der Waals surface area (Å²) in [4.78, 5) is 2.34. The average molecular weight is 318 g/mol. The highest BCUT2D eigenvalue weighted by Crippen LogP contribution is 2.47. The third-order valence-electron chi connectivity index (χ3n) is 5.58. The molecule has 4 nitrogen and oxygen atoms in total. The lowest BCUT2D eigenvalue weighted by Crippen LogP contribution is -2.38. The van der Waals surface area contributed by atoms with Crippen LogP contribution in [-0.2, 0) is 5.41 Å². The van der Waals surface area contributed by atoms with Crippen LogP contribution in [0.5, 0.6) is 11.5 Å². The molecule has 1 aromatic rings. The molecule has 3 rings (SSSR count). The van der Waals surface area contributed by atoms with Crippen molar-refractivity contribution in [2.75, 3.05) is 33.8 Å². The number of hydrogen-bond acceptors (Lipinski definition) is 4. The summed E-state index contributed by atoms with van der Waals surface area (Å²) >= 11 is 0. The number of likely N-dealkylation sites (tertiary alicyclic amines) is 1. The second-order valence-corrected chi connectivity index (χ2v) is 7.17. The molecule has 0 bridgehead atoms. The van der Waals surface area contributed by atoms with E-state index >= 15 is 0 Å². The molecule has 1 saturated heterocycles. The van der Waals surface area contributed by atoms with E-state index in [-0.39, 0.29) is 11.5 Å². The molecule has 4 heteroatoms. The number of rotatable bonds is 5. The van der Waals surface area contributed by atoms with Crippen molar-refractivity contribution in [2.45, 2.75) is 50.0 Å². The van der Waals surface area contributed by atoms with Crippen molar-refractivity contribution in [2.24, 2.45) is 5.73 Å². The van der Waals surface area contributed by atoms with Crippen LogP contribution in [0.3, 0.4) is 0 Å². The molecule has 1 aliphatic heterocycles. The van der Waals surface area contributed by atoms with Crippen molar-refractivity contribution in [1.29, 1.82) is 0 Å². The Bertz CT molecular complexity index is 526. The van der Waals surface area contributed by atoms with Gasteiger partial charge in [0.25, 0.3) is 0 Å². The van der Waals surface area contributed by atoms with Crippen LogP contribution in [0.25, 0.3) is 0 Å². The van der Waals surface area contributed by atoms with E-state index in [0.717, 1.165) is 43.9 Å². The molecule has 128 valence electrons. The van der Waals surface area contributed by atoms with Crippen molar-refractivity contribution < 1.29 is 9.47 Å². The van der Waals surface area contributed by atoms with E-state index in [0.29, 0.717) is 6.54 Å². The van der Waals surface area contributed by atoms with Crippen molar-refractivity contribution in [3.63, 3.8) is 0 Å². The minimum absolute atomic E-state index is 0.0636. The van der Waals surface area contributed by atoms with E-state index in [2.05, 4.69) is 24.1 Å². The molecule has 0 radical (unpaired) electrons. The van der Waals surface area contributed by atoms with Crippen LogP contribution in [0.1, 0.15) is 44.1 Å². The van der Waals surface area contributed by atoms with Crippen molar-refractivity contribution in [3.05, 3.63) is 23.8 Å². The van der Waals surface area contributed by atoms with Gasteiger partial charge in [-0.05, 0) is 45.3 Å². The van der Waals surface area contributed by atoms with Gasteiger partial charge in [-0.1, -0.05) is 25.0 Å². The van der Waals surface area contributed by atoms with E-state index in [1.165, 1.54) is 24.8 Å². The lowest BCUT2D eigenvalue weighted by molar-refractivity contribution is 0.101. The molecule has 1 atom stereocenters. The number of likely N-dealkylation sites (N-methyl/N-ethyl adjacent to an activating group) is 1. The second kappa shape index (κ2) is 7.10. The Morgan fingerprint density at radius 2 is 2.04 bits per heavy atom. The molecule has 1 heterocycles. The number of nitrogens with zero attached hydrogens (tertiary/aromatic N) is 1. The molecule has 2 fully saturated rings. The lowest BCUT2D eigenvalue weighted by atomic mass is 9.78. The number of benzene rings is 1. The maximum absolute atomic E-state index is 6.33. The Morgan fingerprint density at radius 3 is 2.70 bits per heavy atom. The summed E-state index contributed by atoms with van der Waals surface area (Å²) < 4.78 is 12.1. The van der Waals surface area contributed by atoms with Gasteiger partial charge in [0.05, 0.1) is 7.11 Å². The van der Waals surface area contributed by atoms with Gasteiger partial charge in [-0.2, -0.15) is 0 Å². The molecular formula is C19H30N2O2. The number of nitrogens with two attached hydrogens (primary N) is 1. The minimum atomic E-state index is 0.0636. The normalized spacial score (nSPS) is 24.6. The Morgan fingerprint density at radius 1 is 1.26 bits per heavy atom. The smallest absolute Gasteiger partial charge is 0.164 e.